The van der Waals surface area contributed by atoms with Crippen LogP contribution in [0.5, 0.6) is 0 Å². The molecule has 1 fully saturated rings. The Hall–Kier alpha value is -1.42. The van der Waals surface area contributed by atoms with Gasteiger partial charge in [0.05, 0.1) is 10.7 Å². The molecule has 1 aromatic heterocycles. The molecule has 1 aliphatic rings. The molecule has 2 atom stereocenters. The monoisotopic (exact) mass is 432 g/mol. The molecule has 0 bridgehead atoms. The molecule has 0 radical (unpaired) electrons. The van der Waals surface area contributed by atoms with E-state index in [9.17, 15) is 12.8 Å². The van der Waals surface area contributed by atoms with Crippen molar-refractivity contribution in [3.05, 3.63) is 34.5 Å². The average Bonchev–Trinajstić information content (AvgIpc) is 3.10. The van der Waals surface area contributed by atoms with Crippen LogP contribution < -0.4 is 10.0 Å². The minimum Gasteiger partial charge on any atom is -0.379 e. The van der Waals surface area contributed by atoms with Crippen LogP contribution in [0.1, 0.15) is 25.7 Å². The molecule has 0 amide bonds. The second kappa shape index (κ2) is 8.30. The van der Waals surface area contributed by atoms with Gasteiger partial charge in [-0.3, -0.25) is 4.72 Å². The molecule has 1 aliphatic carbocycles. The fourth-order valence-electron chi connectivity index (χ4n) is 3.39. The van der Waals surface area contributed by atoms with Gasteiger partial charge < -0.3 is 10.2 Å². The van der Waals surface area contributed by atoms with E-state index in [1.807, 2.05) is 14.1 Å². The maximum Gasteiger partial charge on any atom is 0.266 e. The molecule has 2 unspecified atom stereocenters. The van der Waals surface area contributed by atoms with Gasteiger partial charge in [-0.15, -0.1) is 11.3 Å². The van der Waals surface area contributed by atoms with E-state index in [1.54, 1.807) is 5.38 Å². The molecule has 0 spiro atoms. The molecule has 2 N–H and O–H groups in total. The van der Waals surface area contributed by atoms with Crippen molar-refractivity contribution in [1.29, 1.82) is 0 Å². The second-order valence-corrected chi connectivity index (χ2v) is 9.72. The number of nitrogens with one attached hydrogen (secondary N) is 2. The highest BCUT2D eigenvalue weighted by molar-refractivity contribution is 7.93. The topological polar surface area (TPSA) is 74.3 Å². The van der Waals surface area contributed by atoms with Gasteiger partial charge in [-0.05, 0) is 39.1 Å². The van der Waals surface area contributed by atoms with Crippen LogP contribution in [0.3, 0.4) is 0 Å². The number of likely N-dealkylation sites (N-methyl/N-ethyl adjacent to an activating group) is 1. The van der Waals surface area contributed by atoms with E-state index in [0.717, 1.165) is 49.2 Å². The van der Waals surface area contributed by atoms with Gasteiger partial charge in [0.1, 0.15) is 10.7 Å². The molecular weight excluding hydrogens is 411 g/mol. The number of halogens is 2. The van der Waals surface area contributed by atoms with Gasteiger partial charge >= 0.3 is 0 Å². The lowest BCUT2D eigenvalue weighted by atomic mass is 9.89. The zero-order valence-corrected chi connectivity index (χ0v) is 17.5. The summed E-state index contributed by atoms with van der Waals surface area (Å²) in [5.41, 5.74) is 0.404. The molecule has 1 heterocycles. The minimum atomic E-state index is -4.11. The molecule has 6 nitrogen and oxygen atoms in total. The molecule has 3 rings (SSSR count). The normalized spacial score (nSPS) is 20.6. The SMILES string of the molecule is CN(C)C1CCCCC1Nc1cc(F)c(S(=O)(=O)Nc2nccs2)cc1Cl. The van der Waals surface area contributed by atoms with Gasteiger partial charge in [-0.25, -0.2) is 17.8 Å². The third kappa shape index (κ3) is 4.71. The van der Waals surface area contributed by atoms with E-state index < -0.39 is 20.7 Å². The van der Waals surface area contributed by atoms with Gasteiger partial charge in [0.15, 0.2) is 5.13 Å². The lowest BCUT2D eigenvalue weighted by Gasteiger charge is -2.37. The average molecular weight is 433 g/mol. The number of nitrogens with zero attached hydrogens (tertiary/aromatic N) is 2. The van der Waals surface area contributed by atoms with Crippen LogP contribution >= 0.6 is 22.9 Å². The summed E-state index contributed by atoms with van der Waals surface area (Å²) in [5.74, 6) is -0.858. The maximum atomic E-state index is 14.6. The molecular formula is C17H22ClFN4O2S2. The number of rotatable bonds is 6. The first-order chi connectivity index (χ1) is 12.8. The van der Waals surface area contributed by atoms with Crippen molar-refractivity contribution in [1.82, 2.24) is 9.88 Å². The summed E-state index contributed by atoms with van der Waals surface area (Å²) >= 11 is 7.40. The van der Waals surface area contributed by atoms with Crippen LogP contribution in [0.15, 0.2) is 28.6 Å². The summed E-state index contributed by atoms with van der Waals surface area (Å²) in [4.78, 5) is 5.51. The summed E-state index contributed by atoms with van der Waals surface area (Å²) in [5, 5.41) is 5.27. The molecule has 0 saturated heterocycles. The van der Waals surface area contributed by atoms with E-state index in [2.05, 4.69) is 19.9 Å². The predicted octanol–water partition coefficient (Wildman–Crippen LogP) is 4.02. The Morgan fingerprint density at radius 2 is 2.04 bits per heavy atom. The zero-order chi connectivity index (χ0) is 19.6. The maximum absolute atomic E-state index is 14.6. The van der Waals surface area contributed by atoms with Crippen LogP contribution in [-0.4, -0.2) is 44.5 Å². The summed E-state index contributed by atoms with van der Waals surface area (Å²) in [7, 11) is -0.0667. The van der Waals surface area contributed by atoms with E-state index in [1.165, 1.54) is 6.20 Å². The highest BCUT2D eigenvalue weighted by Gasteiger charge is 2.28. The molecule has 1 saturated carbocycles. The Labute approximate surface area is 167 Å². The first kappa shape index (κ1) is 20.3. The predicted molar refractivity (Wildman–Crippen MR) is 108 cm³/mol. The van der Waals surface area contributed by atoms with E-state index >= 15 is 0 Å². The number of sulfonamides is 1. The third-order valence-corrected chi connectivity index (χ3v) is 7.18. The van der Waals surface area contributed by atoms with Crippen molar-refractivity contribution < 1.29 is 12.8 Å². The van der Waals surface area contributed by atoms with Gasteiger partial charge in [-0.2, -0.15) is 0 Å². The number of hydrogen-bond acceptors (Lipinski definition) is 6. The van der Waals surface area contributed by atoms with Crippen molar-refractivity contribution in [2.45, 2.75) is 42.7 Å². The van der Waals surface area contributed by atoms with Gasteiger partial charge in [0, 0.05) is 23.7 Å². The lowest BCUT2D eigenvalue weighted by Crippen LogP contribution is -2.45. The molecule has 27 heavy (non-hydrogen) atoms. The number of benzene rings is 1. The van der Waals surface area contributed by atoms with Crippen LogP contribution in [-0.2, 0) is 10.0 Å². The first-order valence-electron chi connectivity index (χ1n) is 8.62. The van der Waals surface area contributed by atoms with Crippen LogP contribution in [0, 0.1) is 5.82 Å². The minimum absolute atomic E-state index is 0.126. The fraction of sp³-hybridized carbons (Fsp3) is 0.471. The van der Waals surface area contributed by atoms with Crippen molar-refractivity contribution in [3.8, 4) is 0 Å². The summed E-state index contributed by atoms with van der Waals surface area (Å²) in [6.45, 7) is 0. The quantitative estimate of drug-likeness (QED) is 0.721. The standard InChI is InChI=1S/C17H22ClFN4O2S2/c1-23(2)15-6-4-3-5-13(15)21-14-10-12(19)16(9-11(14)18)27(24,25)22-17-20-7-8-26-17/h7-10,13,15,21H,3-6H2,1-2H3,(H,20,22). The Kier molecular flexibility index (Phi) is 6.25. The Morgan fingerprint density at radius 1 is 1.30 bits per heavy atom. The molecule has 2 aromatic rings. The van der Waals surface area contributed by atoms with Crippen LogP contribution in [0.2, 0.25) is 5.02 Å². The van der Waals surface area contributed by atoms with E-state index in [0.29, 0.717) is 11.7 Å². The Morgan fingerprint density at radius 3 is 2.70 bits per heavy atom. The van der Waals surface area contributed by atoms with Gasteiger partial charge in [0.25, 0.3) is 10.0 Å². The smallest absolute Gasteiger partial charge is 0.266 e. The highest BCUT2D eigenvalue weighted by Crippen LogP contribution is 2.32. The number of anilines is 2. The van der Waals surface area contributed by atoms with Gasteiger partial charge in [-0.1, -0.05) is 24.4 Å². The number of aromatic nitrogens is 1. The van der Waals surface area contributed by atoms with E-state index in [4.69, 9.17) is 11.6 Å². The Balaban J connectivity index is 1.84. The fourth-order valence-corrected chi connectivity index (χ4v) is 5.54. The van der Waals surface area contributed by atoms with Crippen LogP contribution in [0.4, 0.5) is 15.2 Å². The second-order valence-electron chi connectivity index (χ2n) is 6.77. The van der Waals surface area contributed by atoms with Crippen molar-refractivity contribution in [2.24, 2.45) is 0 Å². The Bertz CT molecular complexity index is 891. The first-order valence-corrected chi connectivity index (χ1v) is 11.4. The molecule has 1 aromatic carbocycles. The van der Waals surface area contributed by atoms with Crippen molar-refractivity contribution >= 4 is 43.8 Å². The zero-order valence-electron chi connectivity index (χ0n) is 15.1. The summed E-state index contributed by atoms with van der Waals surface area (Å²) in [6.07, 6.45) is 5.71. The lowest BCUT2D eigenvalue weighted by molar-refractivity contribution is 0.211. The van der Waals surface area contributed by atoms with Gasteiger partial charge in [0.2, 0.25) is 0 Å². The van der Waals surface area contributed by atoms with Crippen LogP contribution in [0.25, 0.3) is 0 Å². The number of hydrogen-bond donors (Lipinski definition) is 2. The molecule has 0 aliphatic heterocycles. The van der Waals surface area contributed by atoms with E-state index in [-0.39, 0.29) is 16.2 Å². The summed E-state index contributed by atoms with van der Waals surface area (Å²) < 4.78 is 41.8. The largest absolute Gasteiger partial charge is 0.379 e. The number of thiazole rings is 1. The third-order valence-electron chi connectivity index (χ3n) is 4.70. The molecule has 148 valence electrons. The summed E-state index contributed by atoms with van der Waals surface area (Å²) in [6, 6.07) is 2.73. The van der Waals surface area contributed by atoms with Crippen molar-refractivity contribution in [2.75, 3.05) is 24.1 Å². The highest BCUT2D eigenvalue weighted by atomic mass is 35.5. The van der Waals surface area contributed by atoms with Crippen molar-refractivity contribution in [3.63, 3.8) is 0 Å². The molecule has 10 heteroatoms.